The molecule has 2 aromatic rings. The number of hydrogen-bond acceptors (Lipinski definition) is 5. The fourth-order valence-corrected chi connectivity index (χ4v) is 1.86. The first-order valence-electron chi connectivity index (χ1n) is 7.10. The highest BCUT2D eigenvalue weighted by molar-refractivity contribution is 5.89. The van der Waals surface area contributed by atoms with Crippen LogP contribution in [0.25, 0.3) is 0 Å². The summed E-state index contributed by atoms with van der Waals surface area (Å²) < 4.78 is 20.9. The second kappa shape index (κ2) is 8.70. The number of furan rings is 1. The van der Waals surface area contributed by atoms with E-state index in [9.17, 15) is 4.79 Å². The molecule has 0 aliphatic rings. The molecule has 2 N–H and O–H groups in total. The van der Waals surface area contributed by atoms with E-state index in [4.69, 9.17) is 18.6 Å². The Morgan fingerprint density at radius 3 is 2.74 bits per heavy atom. The molecule has 0 spiro atoms. The second-order valence-corrected chi connectivity index (χ2v) is 4.59. The molecule has 0 bridgehead atoms. The van der Waals surface area contributed by atoms with Gasteiger partial charge in [-0.15, -0.1) is 0 Å². The zero-order valence-corrected chi connectivity index (χ0v) is 13.1. The number of methoxy groups -OCH3 is 2. The number of hydrogen-bond donors (Lipinski definition) is 2. The number of ether oxygens (including phenoxy) is 3. The lowest BCUT2D eigenvalue weighted by Crippen LogP contribution is -2.28. The van der Waals surface area contributed by atoms with E-state index in [2.05, 4.69) is 10.6 Å². The van der Waals surface area contributed by atoms with Crippen molar-refractivity contribution in [3.05, 3.63) is 42.4 Å². The Morgan fingerprint density at radius 1 is 1.17 bits per heavy atom. The van der Waals surface area contributed by atoms with Gasteiger partial charge in [-0.1, -0.05) is 0 Å². The van der Waals surface area contributed by atoms with Crippen LogP contribution in [0.5, 0.6) is 11.5 Å². The molecule has 0 aliphatic carbocycles. The lowest BCUT2D eigenvalue weighted by Gasteiger charge is -2.13. The molecule has 1 aromatic heterocycles. The average molecular weight is 320 g/mol. The van der Waals surface area contributed by atoms with Crippen molar-refractivity contribution in [1.82, 2.24) is 5.32 Å². The summed E-state index contributed by atoms with van der Waals surface area (Å²) in [4.78, 5) is 11.9. The van der Waals surface area contributed by atoms with Crippen LogP contribution in [0.4, 0.5) is 10.5 Å². The van der Waals surface area contributed by atoms with Gasteiger partial charge in [-0.2, -0.15) is 0 Å². The van der Waals surface area contributed by atoms with Gasteiger partial charge in [-0.3, -0.25) is 0 Å². The first-order valence-corrected chi connectivity index (χ1v) is 7.10. The second-order valence-electron chi connectivity index (χ2n) is 4.59. The van der Waals surface area contributed by atoms with Crippen LogP contribution in [0.3, 0.4) is 0 Å². The average Bonchev–Trinajstić information content (AvgIpc) is 3.07. The zero-order chi connectivity index (χ0) is 16.5. The minimum atomic E-state index is -0.339. The van der Waals surface area contributed by atoms with E-state index < -0.39 is 0 Å². The molecule has 2 amide bonds. The first kappa shape index (κ1) is 16.7. The predicted molar refractivity (Wildman–Crippen MR) is 84.9 cm³/mol. The van der Waals surface area contributed by atoms with E-state index in [0.717, 1.165) is 0 Å². The molecule has 0 saturated carbocycles. The maximum Gasteiger partial charge on any atom is 0.319 e. The van der Waals surface area contributed by atoms with Crippen LogP contribution < -0.4 is 20.1 Å². The van der Waals surface area contributed by atoms with E-state index in [1.807, 2.05) is 0 Å². The topological polar surface area (TPSA) is 82.0 Å². The smallest absolute Gasteiger partial charge is 0.319 e. The molecular weight excluding hydrogens is 300 g/mol. The Labute approximate surface area is 134 Å². The molecule has 1 heterocycles. The largest absolute Gasteiger partial charge is 0.493 e. The molecule has 7 heteroatoms. The maximum absolute atomic E-state index is 11.9. The lowest BCUT2D eigenvalue weighted by atomic mass is 10.2. The molecule has 7 nitrogen and oxygen atoms in total. The quantitative estimate of drug-likeness (QED) is 0.731. The normalized spacial score (nSPS) is 10.2. The maximum atomic E-state index is 11.9. The summed E-state index contributed by atoms with van der Waals surface area (Å²) in [6.07, 6.45) is 1.56. The van der Waals surface area contributed by atoms with Crippen molar-refractivity contribution in [2.45, 2.75) is 6.54 Å². The molecule has 0 saturated heterocycles. The molecule has 0 atom stereocenters. The molecular formula is C16H20N2O5. The fourth-order valence-electron chi connectivity index (χ4n) is 1.86. The van der Waals surface area contributed by atoms with E-state index in [1.165, 1.54) is 0 Å². The molecule has 0 radical (unpaired) electrons. The summed E-state index contributed by atoms with van der Waals surface area (Å²) in [5, 5.41) is 5.43. The van der Waals surface area contributed by atoms with Crippen molar-refractivity contribution in [1.29, 1.82) is 0 Å². The number of nitrogens with one attached hydrogen (secondary N) is 2. The minimum absolute atomic E-state index is 0.312. The number of carbonyl (C=O) groups excluding carboxylic acids is 1. The van der Waals surface area contributed by atoms with Gasteiger partial charge in [-0.05, 0) is 24.3 Å². The Kier molecular flexibility index (Phi) is 6.31. The van der Waals surface area contributed by atoms with Gasteiger partial charge in [-0.25, -0.2) is 4.79 Å². The Hall–Kier alpha value is -2.67. The van der Waals surface area contributed by atoms with Crippen LogP contribution in [0.15, 0.2) is 41.0 Å². The SMILES string of the molecule is COCCOc1cc(NC(=O)NCc2ccco2)ccc1OC. The molecule has 0 fully saturated rings. The molecule has 124 valence electrons. The van der Waals surface area contributed by atoms with Gasteiger partial charge < -0.3 is 29.3 Å². The number of amides is 2. The number of benzene rings is 1. The minimum Gasteiger partial charge on any atom is -0.493 e. The van der Waals surface area contributed by atoms with E-state index in [0.29, 0.717) is 42.7 Å². The third kappa shape index (κ3) is 5.23. The van der Waals surface area contributed by atoms with E-state index in [-0.39, 0.29) is 6.03 Å². The Balaban J connectivity index is 1.93. The van der Waals surface area contributed by atoms with Crippen LogP contribution in [0, 0.1) is 0 Å². The van der Waals surface area contributed by atoms with Crippen LogP contribution in [0.1, 0.15) is 5.76 Å². The van der Waals surface area contributed by atoms with Gasteiger partial charge in [0.2, 0.25) is 0 Å². The summed E-state index contributed by atoms with van der Waals surface area (Å²) >= 11 is 0. The molecule has 0 unspecified atom stereocenters. The van der Waals surface area contributed by atoms with Crippen LogP contribution >= 0.6 is 0 Å². The molecule has 2 rings (SSSR count). The van der Waals surface area contributed by atoms with Crippen LogP contribution in [-0.2, 0) is 11.3 Å². The fraction of sp³-hybridized carbons (Fsp3) is 0.312. The highest BCUT2D eigenvalue weighted by Crippen LogP contribution is 2.30. The van der Waals surface area contributed by atoms with Crippen LogP contribution in [0.2, 0.25) is 0 Å². The zero-order valence-electron chi connectivity index (χ0n) is 13.1. The standard InChI is InChI=1S/C16H20N2O5/c1-20-8-9-23-15-10-12(5-6-14(15)21-2)18-16(19)17-11-13-4-3-7-22-13/h3-7,10H,8-9,11H2,1-2H3,(H2,17,18,19). The number of carbonyl (C=O) groups is 1. The van der Waals surface area contributed by atoms with Crippen molar-refractivity contribution in [2.75, 3.05) is 32.8 Å². The summed E-state index contributed by atoms with van der Waals surface area (Å²) in [6, 6.07) is 8.37. The lowest BCUT2D eigenvalue weighted by molar-refractivity contribution is 0.144. The van der Waals surface area contributed by atoms with Crippen molar-refractivity contribution >= 4 is 11.7 Å². The third-order valence-corrected chi connectivity index (χ3v) is 2.97. The van der Waals surface area contributed by atoms with Gasteiger partial charge in [0, 0.05) is 18.9 Å². The van der Waals surface area contributed by atoms with Gasteiger partial charge in [0.1, 0.15) is 12.4 Å². The summed E-state index contributed by atoms with van der Waals surface area (Å²) in [6.45, 7) is 1.16. The summed E-state index contributed by atoms with van der Waals surface area (Å²) in [5.41, 5.74) is 0.593. The molecule has 1 aromatic carbocycles. The van der Waals surface area contributed by atoms with Crippen molar-refractivity contribution < 1.29 is 23.4 Å². The van der Waals surface area contributed by atoms with Gasteiger partial charge in [0.15, 0.2) is 11.5 Å². The van der Waals surface area contributed by atoms with E-state index >= 15 is 0 Å². The first-order chi connectivity index (χ1) is 11.2. The highest BCUT2D eigenvalue weighted by Gasteiger charge is 2.08. The third-order valence-electron chi connectivity index (χ3n) is 2.97. The van der Waals surface area contributed by atoms with E-state index in [1.54, 1.807) is 50.8 Å². The summed E-state index contributed by atoms with van der Waals surface area (Å²) in [5.74, 6) is 1.80. The van der Waals surface area contributed by atoms with Crippen molar-refractivity contribution in [2.24, 2.45) is 0 Å². The monoisotopic (exact) mass is 320 g/mol. The highest BCUT2D eigenvalue weighted by atomic mass is 16.5. The predicted octanol–water partition coefficient (Wildman–Crippen LogP) is 2.64. The number of rotatable bonds is 8. The van der Waals surface area contributed by atoms with Gasteiger partial charge in [0.05, 0.1) is 26.5 Å². The molecule has 0 aliphatic heterocycles. The van der Waals surface area contributed by atoms with Crippen molar-refractivity contribution in [3.8, 4) is 11.5 Å². The molecule has 23 heavy (non-hydrogen) atoms. The number of anilines is 1. The van der Waals surface area contributed by atoms with Gasteiger partial charge >= 0.3 is 6.03 Å². The Bertz CT molecular complexity index is 613. The summed E-state index contributed by atoms with van der Waals surface area (Å²) in [7, 11) is 3.16. The number of urea groups is 1. The van der Waals surface area contributed by atoms with Crippen LogP contribution in [-0.4, -0.2) is 33.5 Å². The van der Waals surface area contributed by atoms with Crippen molar-refractivity contribution in [3.63, 3.8) is 0 Å². The van der Waals surface area contributed by atoms with Gasteiger partial charge in [0.25, 0.3) is 0 Å². The Morgan fingerprint density at radius 2 is 2.04 bits per heavy atom.